The number of aliphatic carboxylic acids is 1. The predicted octanol–water partition coefficient (Wildman–Crippen LogP) is 1.38. The Balaban J connectivity index is 1.82. The average molecular weight is 233 g/mol. The molecule has 1 aromatic heterocycles. The van der Waals surface area contributed by atoms with Gasteiger partial charge in [-0.15, -0.1) is 0 Å². The van der Waals surface area contributed by atoms with Gasteiger partial charge in [-0.2, -0.15) is 0 Å². The van der Waals surface area contributed by atoms with Crippen LogP contribution in [-0.4, -0.2) is 16.1 Å². The standard InChI is InChI=1S/C12H11NO4/c14-11(15)8-5-7(8)3-6-1-2-9-10(4-6)17-12(16)13-9/h1-2,4,7-8H,3,5H2,(H,13,16)(H,14,15). The summed E-state index contributed by atoms with van der Waals surface area (Å²) in [5.41, 5.74) is 2.21. The highest BCUT2D eigenvalue weighted by Gasteiger charge is 2.42. The van der Waals surface area contributed by atoms with Gasteiger partial charge in [0.1, 0.15) is 0 Å². The maximum Gasteiger partial charge on any atom is 0.417 e. The van der Waals surface area contributed by atoms with Gasteiger partial charge in [0.15, 0.2) is 5.58 Å². The minimum Gasteiger partial charge on any atom is -0.481 e. The quantitative estimate of drug-likeness (QED) is 0.838. The van der Waals surface area contributed by atoms with Crippen LogP contribution in [0.25, 0.3) is 11.1 Å². The highest BCUT2D eigenvalue weighted by molar-refractivity contribution is 5.74. The number of H-pyrrole nitrogens is 1. The zero-order valence-electron chi connectivity index (χ0n) is 8.97. The van der Waals surface area contributed by atoms with Crippen molar-refractivity contribution >= 4 is 17.1 Å². The molecule has 0 saturated heterocycles. The van der Waals surface area contributed by atoms with Gasteiger partial charge in [-0.1, -0.05) is 6.07 Å². The molecule has 0 radical (unpaired) electrons. The number of hydrogen-bond donors (Lipinski definition) is 2. The van der Waals surface area contributed by atoms with Crippen LogP contribution in [0.2, 0.25) is 0 Å². The minimum atomic E-state index is -0.718. The van der Waals surface area contributed by atoms with E-state index >= 15 is 0 Å². The van der Waals surface area contributed by atoms with E-state index in [9.17, 15) is 9.59 Å². The molecule has 1 heterocycles. The van der Waals surface area contributed by atoms with Crippen LogP contribution in [0.4, 0.5) is 0 Å². The summed E-state index contributed by atoms with van der Waals surface area (Å²) in [5.74, 6) is -1.17. The molecule has 0 bridgehead atoms. The fraction of sp³-hybridized carbons (Fsp3) is 0.333. The Bertz CT molecular complexity index is 639. The average Bonchev–Trinajstić information content (AvgIpc) is 2.92. The van der Waals surface area contributed by atoms with Gasteiger partial charge in [0.05, 0.1) is 11.4 Å². The van der Waals surface area contributed by atoms with E-state index in [1.807, 2.05) is 6.07 Å². The molecule has 3 rings (SSSR count). The van der Waals surface area contributed by atoms with Crippen molar-refractivity contribution in [3.05, 3.63) is 34.3 Å². The summed E-state index contributed by atoms with van der Waals surface area (Å²) in [5, 5.41) is 8.81. The monoisotopic (exact) mass is 233 g/mol. The number of benzene rings is 1. The molecule has 0 amide bonds. The number of carbonyl (C=O) groups is 1. The van der Waals surface area contributed by atoms with Crippen molar-refractivity contribution in [1.29, 1.82) is 0 Å². The van der Waals surface area contributed by atoms with Crippen molar-refractivity contribution in [3.63, 3.8) is 0 Å². The van der Waals surface area contributed by atoms with E-state index in [0.717, 1.165) is 18.4 Å². The number of fused-ring (bicyclic) bond motifs is 1. The van der Waals surface area contributed by atoms with E-state index in [4.69, 9.17) is 9.52 Å². The lowest BCUT2D eigenvalue weighted by atomic mass is 10.1. The molecule has 2 unspecified atom stereocenters. The minimum absolute atomic E-state index is 0.205. The fourth-order valence-corrected chi connectivity index (χ4v) is 2.20. The molecule has 2 N–H and O–H groups in total. The zero-order chi connectivity index (χ0) is 12.0. The van der Waals surface area contributed by atoms with Gasteiger partial charge in [-0.05, 0) is 36.5 Å². The van der Waals surface area contributed by atoms with E-state index in [2.05, 4.69) is 4.98 Å². The van der Waals surface area contributed by atoms with Crippen LogP contribution < -0.4 is 5.76 Å². The maximum absolute atomic E-state index is 11.0. The van der Waals surface area contributed by atoms with Crippen LogP contribution in [0.1, 0.15) is 12.0 Å². The summed E-state index contributed by atoms with van der Waals surface area (Å²) in [6.07, 6.45) is 1.46. The molecule has 1 aromatic carbocycles. The second kappa shape index (κ2) is 3.48. The summed E-state index contributed by atoms with van der Waals surface area (Å²) in [6.45, 7) is 0. The number of rotatable bonds is 3. The topological polar surface area (TPSA) is 83.3 Å². The summed E-state index contributed by atoms with van der Waals surface area (Å²) in [6, 6.07) is 5.48. The third-order valence-electron chi connectivity index (χ3n) is 3.22. The van der Waals surface area contributed by atoms with Crippen molar-refractivity contribution in [2.24, 2.45) is 11.8 Å². The van der Waals surface area contributed by atoms with Gasteiger partial charge in [-0.3, -0.25) is 9.78 Å². The van der Waals surface area contributed by atoms with E-state index in [1.165, 1.54) is 0 Å². The highest BCUT2D eigenvalue weighted by Crippen LogP contribution is 2.41. The van der Waals surface area contributed by atoms with Gasteiger partial charge in [0, 0.05) is 0 Å². The Morgan fingerprint density at radius 3 is 3.06 bits per heavy atom. The Hall–Kier alpha value is -2.04. The third kappa shape index (κ3) is 1.84. The molecular weight excluding hydrogens is 222 g/mol. The SMILES string of the molecule is O=C(O)C1CC1Cc1ccc2[nH]c(=O)oc2c1. The van der Waals surface area contributed by atoms with E-state index < -0.39 is 11.7 Å². The molecule has 2 atom stereocenters. The van der Waals surface area contributed by atoms with Crippen LogP contribution in [0, 0.1) is 11.8 Å². The van der Waals surface area contributed by atoms with Gasteiger partial charge < -0.3 is 9.52 Å². The Morgan fingerprint density at radius 1 is 1.53 bits per heavy atom. The van der Waals surface area contributed by atoms with Crippen molar-refractivity contribution < 1.29 is 14.3 Å². The number of aromatic nitrogens is 1. The summed E-state index contributed by atoms with van der Waals surface area (Å²) in [7, 11) is 0. The second-order valence-corrected chi connectivity index (χ2v) is 4.49. The van der Waals surface area contributed by atoms with Crippen molar-refractivity contribution in [2.75, 3.05) is 0 Å². The van der Waals surface area contributed by atoms with Crippen LogP contribution >= 0.6 is 0 Å². The smallest absolute Gasteiger partial charge is 0.417 e. The van der Waals surface area contributed by atoms with Gasteiger partial charge in [0.25, 0.3) is 0 Å². The van der Waals surface area contributed by atoms with Crippen molar-refractivity contribution in [3.8, 4) is 0 Å². The first kappa shape index (κ1) is 10.1. The molecule has 0 aliphatic heterocycles. The van der Waals surface area contributed by atoms with Crippen LogP contribution in [-0.2, 0) is 11.2 Å². The Morgan fingerprint density at radius 2 is 2.35 bits per heavy atom. The summed E-state index contributed by atoms with van der Waals surface area (Å²) >= 11 is 0. The maximum atomic E-state index is 11.0. The highest BCUT2D eigenvalue weighted by atomic mass is 16.4. The lowest BCUT2D eigenvalue weighted by Gasteiger charge is -1.98. The van der Waals surface area contributed by atoms with E-state index in [1.54, 1.807) is 12.1 Å². The first-order valence-electron chi connectivity index (χ1n) is 5.48. The molecule has 1 fully saturated rings. The lowest BCUT2D eigenvalue weighted by molar-refractivity contribution is -0.138. The van der Waals surface area contributed by atoms with Crippen LogP contribution in [0.3, 0.4) is 0 Å². The molecular formula is C12H11NO4. The summed E-state index contributed by atoms with van der Waals surface area (Å²) < 4.78 is 4.96. The molecule has 5 heteroatoms. The van der Waals surface area contributed by atoms with Crippen molar-refractivity contribution in [2.45, 2.75) is 12.8 Å². The second-order valence-electron chi connectivity index (χ2n) is 4.49. The Labute approximate surface area is 96.1 Å². The summed E-state index contributed by atoms with van der Waals surface area (Å²) in [4.78, 5) is 24.3. The molecule has 17 heavy (non-hydrogen) atoms. The Kier molecular flexibility index (Phi) is 2.07. The van der Waals surface area contributed by atoms with Gasteiger partial charge >= 0.3 is 11.7 Å². The number of oxazole rings is 1. The molecule has 1 saturated carbocycles. The third-order valence-corrected chi connectivity index (χ3v) is 3.22. The number of carboxylic acids is 1. The van der Waals surface area contributed by atoms with Gasteiger partial charge in [0.2, 0.25) is 0 Å². The normalized spacial score (nSPS) is 22.8. The molecule has 0 spiro atoms. The van der Waals surface area contributed by atoms with E-state index in [-0.39, 0.29) is 11.8 Å². The van der Waals surface area contributed by atoms with E-state index in [0.29, 0.717) is 11.1 Å². The molecule has 2 aromatic rings. The first-order valence-corrected chi connectivity index (χ1v) is 5.48. The lowest BCUT2D eigenvalue weighted by Crippen LogP contribution is -2.01. The largest absolute Gasteiger partial charge is 0.481 e. The van der Waals surface area contributed by atoms with Crippen LogP contribution in [0.15, 0.2) is 27.4 Å². The molecule has 5 nitrogen and oxygen atoms in total. The molecule has 88 valence electrons. The molecule has 1 aliphatic rings. The molecule has 1 aliphatic carbocycles. The van der Waals surface area contributed by atoms with Crippen molar-refractivity contribution in [1.82, 2.24) is 4.98 Å². The zero-order valence-corrected chi connectivity index (χ0v) is 8.97. The van der Waals surface area contributed by atoms with Gasteiger partial charge in [-0.25, -0.2) is 4.79 Å². The number of carboxylic acid groups (broad SMARTS) is 1. The first-order chi connectivity index (χ1) is 8.13. The number of hydrogen-bond acceptors (Lipinski definition) is 3. The number of nitrogens with one attached hydrogen (secondary N) is 1. The predicted molar refractivity (Wildman–Crippen MR) is 59.8 cm³/mol. The number of aromatic amines is 1. The van der Waals surface area contributed by atoms with Crippen LogP contribution in [0.5, 0.6) is 0 Å². The fourth-order valence-electron chi connectivity index (χ4n) is 2.20.